The van der Waals surface area contributed by atoms with Crippen molar-refractivity contribution in [2.24, 2.45) is 0 Å². The first-order valence-corrected chi connectivity index (χ1v) is 8.40. The van der Waals surface area contributed by atoms with Crippen LogP contribution in [0.2, 0.25) is 0 Å². The number of unbranched alkanes of at least 4 members (excludes halogenated alkanes) is 2. The molecule has 2 N–H and O–H groups in total. The summed E-state index contributed by atoms with van der Waals surface area (Å²) in [6.07, 6.45) is 7.65. The highest BCUT2D eigenvalue weighted by molar-refractivity contribution is 5.93. The Bertz CT molecular complexity index is 470. The summed E-state index contributed by atoms with van der Waals surface area (Å²) in [5.74, 6) is 0.138. The second-order valence-electron chi connectivity index (χ2n) is 5.97. The lowest BCUT2D eigenvalue weighted by atomic mass is 9.94. The molecular weight excluding hydrogens is 260 g/mol. The van der Waals surface area contributed by atoms with E-state index in [9.17, 15) is 4.79 Å². The topological polar surface area (TPSA) is 41.1 Å². The molecule has 1 aromatic carbocycles. The van der Waals surface area contributed by atoms with Crippen molar-refractivity contribution in [3.63, 3.8) is 0 Å². The fraction of sp³-hybridized carbons (Fsp3) is 0.611. The monoisotopic (exact) mass is 288 g/mol. The molecule has 1 aromatic rings. The summed E-state index contributed by atoms with van der Waals surface area (Å²) in [4.78, 5) is 11.4. The Kier molecular flexibility index (Phi) is 6.24. The van der Waals surface area contributed by atoms with Gasteiger partial charge in [0.2, 0.25) is 5.91 Å². The largest absolute Gasteiger partial charge is 0.326 e. The predicted octanol–water partition coefficient (Wildman–Crippen LogP) is 4.19. The van der Waals surface area contributed by atoms with Crippen molar-refractivity contribution in [3.8, 4) is 0 Å². The molecule has 3 heteroatoms. The Morgan fingerprint density at radius 1 is 1.19 bits per heavy atom. The number of rotatable bonds is 8. The third-order valence-corrected chi connectivity index (χ3v) is 4.16. The van der Waals surface area contributed by atoms with Crippen LogP contribution in [-0.2, 0) is 11.2 Å². The molecule has 1 amide bonds. The summed E-state index contributed by atoms with van der Waals surface area (Å²) in [7, 11) is 0. The molecule has 1 heterocycles. The Hall–Kier alpha value is -1.35. The Labute approximate surface area is 128 Å². The van der Waals surface area contributed by atoms with Gasteiger partial charge in [0.05, 0.1) is 0 Å². The Morgan fingerprint density at radius 3 is 2.81 bits per heavy atom. The van der Waals surface area contributed by atoms with Gasteiger partial charge in [-0.2, -0.15) is 0 Å². The first-order valence-electron chi connectivity index (χ1n) is 8.40. The molecule has 1 unspecified atom stereocenters. The number of carbonyl (C=O) groups is 1. The van der Waals surface area contributed by atoms with Gasteiger partial charge in [-0.05, 0) is 43.0 Å². The number of benzene rings is 1. The molecule has 1 atom stereocenters. The van der Waals surface area contributed by atoms with Crippen LogP contribution in [0.4, 0.5) is 5.69 Å². The standard InChI is InChI=1S/C18H28N2O/c1-3-5-6-7-16(19-12-4-2)14-8-10-17-15(13-14)9-11-18(21)20-17/h8,10,13,16,19H,3-7,9,11-12H2,1-2H3,(H,20,21). The lowest BCUT2D eigenvalue weighted by molar-refractivity contribution is -0.116. The Balaban J connectivity index is 2.09. The minimum absolute atomic E-state index is 0.138. The molecule has 0 bridgehead atoms. The normalized spacial score (nSPS) is 15.4. The van der Waals surface area contributed by atoms with Crippen LogP contribution in [0.1, 0.15) is 69.5 Å². The van der Waals surface area contributed by atoms with Crippen molar-refractivity contribution in [3.05, 3.63) is 29.3 Å². The van der Waals surface area contributed by atoms with E-state index in [1.165, 1.54) is 36.8 Å². The van der Waals surface area contributed by atoms with E-state index in [0.717, 1.165) is 25.1 Å². The number of nitrogens with one attached hydrogen (secondary N) is 2. The van der Waals surface area contributed by atoms with Crippen LogP contribution in [0, 0.1) is 0 Å². The molecule has 0 saturated carbocycles. The van der Waals surface area contributed by atoms with Gasteiger partial charge >= 0.3 is 0 Å². The second-order valence-corrected chi connectivity index (χ2v) is 5.97. The number of hydrogen-bond acceptors (Lipinski definition) is 2. The van der Waals surface area contributed by atoms with Crippen molar-refractivity contribution in [1.29, 1.82) is 0 Å². The van der Waals surface area contributed by atoms with Gasteiger partial charge in [-0.25, -0.2) is 0 Å². The van der Waals surface area contributed by atoms with Crippen molar-refractivity contribution in [2.75, 3.05) is 11.9 Å². The summed E-state index contributed by atoms with van der Waals surface area (Å²) >= 11 is 0. The number of amides is 1. The van der Waals surface area contributed by atoms with E-state index in [0.29, 0.717) is 12.5 Å². The molecule has 1 aliphatic rings. The zero-order valence-corrected chi connectivity index (χ0v) is 13.4. The van der Waals surface area contributed by atoms with E-state index in [2.05, 4.69) is 42.7 Å². The third-order valence-electron chi connectivity index (χ3n) is 4.16. The fourth-order valence-corrected chi connectivity index (χ4v) is 2.92. The molecule has 0 spiro atoms. The predicted molar refractivity (Wildman–Crippen MR) is 88.6 cm³/mol. The molecule has 0 aliphatic carbocycles. The Morgan fingerprint density at radius 2 is 2.05 bits per heavy atom. The third kappa shape index (κ3) is 4.57. The van der Waals surface area contributed by atoms with Crippen molar-refractivity contribution >= 4 is 11.6 Å². The smallest absolute Gasteiger partial charge is 0.224 e. The second kappa shape index (κ2) is 8.18. The van der Waals surface area contributed by atoms with Crippen molar-refractivity contribution in [2.45, 2.75) is 64.8 Å². The molecule has 116 valence electrons. The first-order chi connectivity index (χ1) is 10.2. The molecule has 0 fully saturated rings. The van der Waals surface area contributed by atoms with Crippen molar-refractivity contribution in [1.82, 2.24) is 5.32 Å². The highest BCUT2D eigenvalue weighted by Crippen LogP contribution is 2.28. The molecule has 1 aliphatic heterocycles. The van der Waals surface area contributed by atoms with Crippen LogP contribution in [0.3, 0.4) is 0 Å². The van der Waals surface area contributed by atoms with E-state index in [1.54, 1.807) is 0 Å². The van der Waals surface area contributed by atoms with Crippen LogP contribution < -0.4 is 10.6 Å². The van der Waals surface area contributed by atoms with Gasteiger partial charge in [-0.3, -0.25) is 4.79 Å². The molecule has 21 heavy (non-hydrogen) atoms. The van der Waals surface area contributed by atoms with Crippen molar-refractivity contribution < 1.29 is 4.79 Å². The van der Waals surface area contributed by atoms with Gasteiger partial charge < -0.3 is 10.6 Å². The minimum Gasteiger partial charge on any atom is -0.326 e. The molecule has 2 rings (SSSR count). The van der Waals surface area contributed by atoms with Gasteiger partial charge in [-0.1, -0.05) is 45.2 Å². The summed E-state index contributed by atoms with van der Waals surface area (Å²) < 4.78 is 0. The summed E-state index contributed by atoms with van der Waals surface area (Å²) in [5, 5.41) is 6.63. The van der Waals surface area contributed by atoms with Gasteiger partial charge in [0.1, 0.15) is 0 Å². The minimum atomic E-state index is 0.138. The zero-order chi connectivity index (χ0) is 15.1. The quantitative estimate of drug-likeness (QED) is 0.704. The van der Waals surface area contributed by atoms with Crippen LogP contribution in [0.15, 0.2) is 18.2 Å². The number of hydrogen-bond donors (Lipinski definition) is 2. The van der Waals surface area contributed by atoms with Gasteiger partial charge in [0.15, 0.2) is 0 Å². The number of aryl methyl sites for hydroxylation is 1. The maximum Gasteiger partial charge on any atom is 0.224 e. The van der Waals surface area contributed by atoms with Gasteiger partial charge in [-0.15, -0.1) is 0 Å². The SMILES string of the molecule is CCCCCC(NCCC)c1ccc2c(c1)CCC(=O)N2. The molecular formula is C18H28N2O. The summed E-state index contributed by atoms with van der Waals surface area (Å²) in [5.41, 5.74) is 3.65. The van der Waals surface area contributed by atoms with Gasteiger partial charge in [0.25, 0.3) is 0 Å². The first kappa shape index (κ1) is 16.0. The lowest BCUT2D eigenvalue weighted by Crippen LogP contribution is -2.23. The van der Waals surface area contributed by atoms with E-state index in [4.69, 9.17) is 0 Å². The number of carbonyl (C=O) groups excluding carboxylic acids is 1. The molecule has 3 nitrogen and oxygen atoms in total. The maximum absolute atomic E-state index is 11.4. The summed E-state index contributed by atoms with van der Waals surface area (Å²) in [6, 6.07) is 6.97. The van der Waals surface area contributed by atoms with E-state index < -0.39 is 0 Å². The molecule has 0 saturated heterocycles. The molecule has 0 aromatic heterocycles. The van der Waals surface area contributed by atoms with E-state index >= 15 is 0 Å². The van der Waals surface area contributed by atoms with Gasteiger partial charge in [0, 0.05) is 18.2 Å². The number of fused-ring (bicyclic) bond motifs is 1. The van der Waals surface area contributed by atoms with E-state index in [-0.39, 0.29) is 5.91 Å². The highest BCUT2D eigenvalue weighted by Gasteiger charge is 2.17. The van der Waals surface area contributed by atoms with Crippen LogP contribution in [0.5, 0.6) is 0 Å². The maximum atomic E-state index is 11.4. The molecule has 0 radical (unpaired) electrons. The fourth-order valence-electron chi connectivity index (χ4n) is 2.92. The number of anilines is 1. The highest BCUT2D eigenvalue weighted by atomic mass is 16.1. The average Bonchev–Trinajstić information content (AvgIpc) is 2.50. The zero-order valence-electron chi connectivity index (χ0n) is 13.4. The van der Waals surface area contributed by atoms with Crippen LogP contribution >= 0.6 is 0 Å². The average molecular weight is 288 g/mol. The summed E-state index contributed by atoms with van der Waals surface area (Å²) in [6.45, 7) is 5.51. The lowest BCUT2D eigenvalue weighted by Gasteiger charge is -2.23. The van der Waals surface area contributed by atoms with Crippen LogP contribution in [-0.4, -0.2) is 12.5 Å². The van der Waals surface area contributed by atoms with E-state index in [1.807, 2.05) is 0 Å². The van der Waals surface area contributed by atoms with Crippen LogP contribution in [0.25, 0.3) is 0 Å².